The Kier molecular flexibility index (Phi) is 8.49. The molecule has 10 aromatic rings. The van der Waals surface area contributed by atoms with Crippen LogP contribution in [0.3, 0.4) is 0 Å². The highest BCUT2D eigenvalue weighted by atomic mass is 15.0. The third-order valence-corrected chi connectivity index (χ3v) is 12.8. The van der Waals surface area contributed by atoms with Crippen molar-refractivity contribution >= 4 is 21.8 Å². The molecule has 1 unspecified atom stereocenters. The third-order valence-electron chi connectivity index (χ3n) is 12.8. The van der Waals surface area contributed by atoms with Crippen LogP contribution in [0.2, 0.25) is 0 Å². The summed E-state index contributed by atoms with van der Waals surface area (Å²) in [6, 6.07) is 72.4. The maximum atomic E-state index is 5.27. The van der Waals surface area contributed by atoms with Crippen molar-refractivity contribution in [3.8, 4) is 56.4 Å². The SMILES string of the molecule is C1=CCC(n2c3ccccc3c3cc(-c4ccc5c(c4)C(c4ccccc4)(c4ccccc4)c4cccc(-c6nc(-c7ccccc7)nc(-c7ccccc7)n6)c4-5)ccc32)C=C1. The van der Waals surface area contributed by atoms with Crippen LogP contribution in [0.5, 0.6) is 0 Å². The molecule has 12 rings (SSSR count). The second-order valence-electron chi connectivity index (χ2n) is 16.2. The van der Waals surface area contributed by atoms with E-state index in [4.69, 9.17) is 15.0 Å². The molecule has 0 amide bonds. The van der Waals surface area contributed by atoms with Crippen LogP contribution >= 0.6 is 0 Å². The minimum Gasteiger partial charge on any atom is -0.333 e. The number of hydrogen-bond donors (Lipinski definition) is 0. The van der Waals surface area contributed by atoms with E-state index < -0.39 is 5.41 Å². The average molecular weight is 793 g/mol. The van der Waals surface area contributed by atoms with Crippen LogP contribution in [0.4, 0.5) is 0 Å². The van der Waals surface area contributed by atoms with Gasteiger partial charge in [0.2, 0.25) is 0 Å². The van der Waals surface area contributed by atoms with Crippen LogP contribution in [0.1, 0.15) is 34.7 Å². The van der Waals surface area contributed by atoms with Gasteiger partial charge in [0.25, 0.3) is 0 Å². The molecule has 2 aliphatic carbocycles. The Morgan fingerprint density at radius 1 is 0.419 bits per heavy atom. The molecule has 4 heteroatoms. The molecule has 0 saturated heterocycles. The lowest BCUT2D eigenvalue weighted by Gasteiger charge is -2.34. The molecule has 4 nitrogen and oxygen atoms in total. The van der Waals surface area contributed by atoms with Gasteiger partial charge in [0.05, 0.1) is 11.5 Å². The Balaban J connectivity index is 1.11. The first-order valence-corrected chi connectivity index (χ1v) is 21.4. The monoisotopic (exact) mass is 792 g/mol. The highest BCUT2D eigenvalue weighted by Crippen LogP contribution is 2.59. The van der Waals surface area contributed by atoms with Gasteiger partial charge < -0.3 is 4.57 Å². The fourth-order valence-electron chi connectivity index (χ4n) is 10.1. The molecule has 292 valence electrons. The van der Waals surface area contributed by atoms with Crippen LogP contribution in [-0.4, -0.2) is 19.5 Å². The van der Waals surface area contributed by atoms with E-state index in [9.17, 15) is 0 Å². The quantitative estimate of drug-likeness (QED) is 0.161. The van der Waals surface area contributed by atoms with E-state index in [0.29, 0.717) is 17.5 Å². The number of para-hydroxylation sites is 1. The van der Waals surface area contributed by atoms with Gasteiger partial charge in [-0.1, -0.05) is 200 Å². The summed E-state index contributed by atoms with van der Waals surface area (Å²) in [5, 5.41) is 2.54. The summed E-state index contributed by atoms with van der Waals surface area (Å²) < 4.78 is 2.51. The first-order valence-electron chi connectivity index (χ1n) is 21.4. The summed E-state index contributed by atoms with van der Waals surface area (Å²) in [7, 11) is 0. The molecule has 2 aliphatic rings. The van der Waals surface area contributed by atoms with Gasteiger partial charge in [0, 0.05) is 38.5 Å². The zero-order valence-corrected chi connectivity index (χ0v) is 33.9. The van der Waals surface area contributed by atoms with Gasteiger partial charge in [-0.05, 0) is 75.2 Å². The molecular weight excluding hydrogens is 753 g/mol. The van der Waals surface area contributed by atoms with Gasteiger partial charge in [0.1, 0.15) is 0 Å². The van der Waals surface area contributed by atoms with Gasteiger partial charge in [0.15, 0.2) is 17.5 Å². The highest BCUT2D eigenvalue weighted by Gasteiger charge is 2.47. The van der Waals surface area contributed by atoms with E-state index in [1.165, 1.54) is 60.8 Å². The fraction of sp³-hybridized carbons (Fsp3) is 0.0517. The Hall–Kier alpha value is -7.95. The molecule has 0 N–H and O–H groups in total. The molecule has 0 radical (unpaired) electrons. The van der Waals surface area contributed by atoms with Crippen molar-refractivity contribution in [2.45, 2.75) is 17.9 Å². The van der Waals surface area contributed by atoms with E-state index in [0.717, 1.165) is 28.7 Å². The standard InChI is InChI=1S/C58H40N4/c1-6-19-39(20-7-1)55-59-56(40-21-8-2-9-22-40)61-57(60-55)48-30-18-31-50-54(48)47-35-33-42(38-51(47)58(50,43-23-10-3-11-24-43)44-25-12-4-13-26-44)41-34-36-53-49(37-41)46-29-16-17-32-52(46)62(53)45-27-14-5-15-28-45/h1-27,29-38,45H,28H2. The Morgan fingerprint density at radius 3 is 1.66 bits per heavy atom. The Bertz CT molecular complexity index is 3270. The summed E-state index contributed by atoms with van der Waals surface area (Å²) in [6.07, 6.45) is 9.89. The van der Waals surface area contributed by atoms with Crippen LogP contribution < -0.4 is 0 Å². The molecule has 8 aromatic carbocycles. The topological polar surface area (TPSA) is 43.6 Å². The number of hydrogen-bond acceptors (Lipinski definition) is 3. The summed E-state index contributed by atoms with van der Waals surface area (Å²) in [5.41, 5.74) is 14.3. The molecule has 0 aliphatic heterocycles. The van der Waals surface area contributed by atoms with Crippen molar-refractivity contribution < 1.29 is 0 Å². The zero-order chi connectivity index (χ0) is 41.0. The predicted molar refractivity (Wildman–Crippen MR) is 254 cm³/mol. The number of fused-ring (bicyclic) bond motifs is 6. The molecule has 0 bridgehead atoms. The second kappa shape index (κ2) is 14.6. The van der Waals surface area contributed by atoms with Crippen LogP contribution in [0.15, 0.2) is 224 Å². The molecule has 0 fully saturated rings. The molecule has 0 spiro atoms. The van der Waals surface area contributed by atoms with Gasteiger partial charge in [-0.2, -0.15) is 0 Å². The van der Waals surface area contributed by atoms with Gasteiger partial charge in [-0.25, -0.2) is 15.0 Å². The molecular formula is C58H40N4. The van der Waals surface area contributed by atoms with Crippen molar-refractivity contribution in [3.05, 3.63) is 247 Å². The Labute approximate surface area is 360 Å². The zero-order valence-electron chi connectivity index (χ0n) is 33.9. The minimum atomic E-state index is -0.627. The smallest absolute Gasteiger partial charge is 0.164 e. The largest absolute Gasteiger partial charge is 0.333 e. The van der Waals surface area contributed by atoms with E-state index in [1.54, 1.807) is 0 Å². The van der Waals surface area contributed by atoms with Gasteiger partial charge >= 0.3 is 0 Å². The normalized spacial score (nSPS) is 14.9. The predicted octanol–water partition coefficient (Wildman–Crippen LogP) is 14.1. The first kappa shape index (κ1) is 35.9. The molecule has 2 aromatic heterocycles. The van der Waals surface area contributed by atoms with Crippen molar-refractivity contribution in [2.24, 2.45) is 0 Å². The molecule has 62 heavy (non-hydrogen) atoms. The van der Waals surface area contributed by atoms with E-state index >= 15 is 0 Å². The number of benzene rings is 8. The Morgan fingerprint density at radius 2 is 1.00 bits per heavy atom. The van der Waals surface area contributed by atoms with Crippen LogP contribution in [0, 0.1) is 0 Å². The van der Waals surface area contributed by atoms with Crippen molar-refractivity contribution in [2.75, 3.05) is 0 Å². The number of nitrogens with zero attached hydrogens (tertiary/aromatic N) is 4. The first-order chi connectivity index (χ1) is 30.8. The van der Waals surface area contributed by atoms with Crippen molar-refractivity contribution in [1.82, 2.24) is 19.5 Å². The summed E-state index contributed by atoms with van der Waals surface area (Å²) in [5.74, 6) is 1.93. The third kappa shape index (κ3) is 5.64. The summed E-state index contributed by atoms with van der Waals surface area (Å²) in [4.78, 5) is 15.6. The summed E-state index contributed by atoms with van der Waals surface area (Å²) >= 11 is 0. The maximum Gasteiger partial charge on any atom is 0.164 e. The molecule has 1 atom stereocenters. The molecule has 0 saturated carbocycles. The fourth-order valence-corrected chi connectivity index (χ4v) is 10.1. The average Bonchev–Trinajstić information content (AvgIpc) is 3.85. The summed E-state index contributed by atoms with van der Waals surface area (Å²) in [6.45, 7) is 0. The number of aromatic nitrogens is 4. The van der Waals surface area contributed by atoms with E-state index in [2.05, 4.69) is 193 Å². The number of allylic oxidation sites excluding steroid dienone is 4. The molecule has 2 heterocycles. The number of rotatable bonds is 7. The van der Waals surface area contributed by atoms with Crippen molar-refractivity contribution in [1.29, 1.82) is 0 Å². The lowest BCUT2D eigenvalue weighted by Crippen LogP contribution is -2.28. The lowest BCUT2D eigenvalue weighted by atomic mass is 9.67. The van der Waals surface area contributed by atoms with Crippen molar-refractivity contribution in [3.63, 3.8) is 0 Å². The van der Waals surface area contributed by atoms with Gasteiger partial charge in [-0.3, -0.25) is 0 Å². The van der Waals surface area contributed by atoms with E-state index in [1.807, 2.05) is 36.4 Å². The highest BCUT2D eigenvalue weighted by molar-refractivity contribution is 6.09. The van der Waals surface area contributed by atoms with Crippen LogP contribution in [0.25, 0.3) is 78.2 Å². The van der Waals surface area contributed by atoms with Gasteiger partial charge in [-0.15, -0.1) is 0 Å². The minimum absolute atomic E-state index is 0.273. The lowest BCUT2D eigenvalue weighted by molar-refractivity contribution is 0.648. The second-order valence-corrected chi connectivity index (χ2v) is 16.2. The van der Waals surface area contributed by atoms with E-state index in [-0.39, 0.29) is 6.04 Å². The maximum absolute atomic E-state index is 5.27. The van der Waals surface area contributed by atoms with Crippen LogP contribution in [-0.2, 0) is 5.41 Å².